The van der Waals surface area contributed by atoms with Crippen molar-refractivity contribution in [3.63, 3.8) is 0 Å². The molecule has 0 aliphatic heterocycles. The van der Waals surface area contributed by atoms with Crippen molar-refractivity contribution in [3.05, 3.63) is 94.8 Å². The van der Waals surface area contributed by atoms with Crippen LogP contribution in [0, 0.1) is 23.6 Å². The number of benzene rings is 3. The lowest BCUT2D eigenvalue weighted by Gasteiger charge is -2.29. The Bertz CT molecular complexity index is 1130. The molecule has 0 N–H and O–H groups in total. The topological polar surface area (TPSA) is 0 Å². The number of fused-ring (bicyclic) bond motifs is 1. The maximum Gasteiger partial charge on any atom is 0.134 e. The van der Waals surface area contributed by atoms with Crippen LogP contribution in [0.5, 0.6) is 0 Å². The Morgan fingerprint density at radius 1 is 0.906 bits per heavy atom. The second kappa shape index (κ2) is 10.6. The van der Waals surface area contributed by atoms with Gasteiger partial charge in [0.05, 0.1) is 0 Å². The fraction of sp³-hybridized carbons (Fsp3) is 0.355. The van der Waals surface area contributed by atoms with Gasteiger partial charge in [-0.2, -0.15) is 0 Å². The van der Waals surface area contributed by atoms with Crippen molar-refractivity contribution in [2.75, 3.05) is 0 Å². The molecule has 164 valence electrons. The number of aryl methyl sites for hydroxylation is 1. The molecule has 3 aromatic carbocycles. The first-order valence-electron chi connectivity index (χ1n) is 12.1. The summed E-state index contributed by atoms with van der Waals surface area (Å²) in [7, 11) is 0. The number of hydrogen-bond donors (Lipinski definition) is 0. The molecule has 0 unspecified atom stereocenters. The van der Waals surface area contributed by atoms with Crippen molar-refractivity contribution >= 4 is 10.8 Å². The van der Waals surface area contributed by atoms with Crippen molar-refractivity contribution < 1.29 is 4.39 Å². The summed E-state index contributed by atoms with van der Waals surface area (Å²) in [5, 5.41) is 1.65. The first kappa shape index (κ1) is 22.3. The lowest BCUT2D eigenvalue weighted by atomic mass is 9.76. The Morgan fingerprint density at radius 3 is 2.34 bits per heavy atom. The summed E-state index contributed by atoms with van der Waals surface area (Å²) in [6.45, 7) is 4.23. The molecule has 4 rings (SSSR count). The second-order valence-corrected chi connectivity index (χ2v) is 9.07. The van der Waals surface area contributed by atoms with E-state index in [9.17, 15) is 0 Å². The zero-order valence-electron chi connectivity index (χ0n) is 19.3. The molecule has 1 aliphatic rings. The molecular formula is C31H33F. The molecule has 0 atom stereocenters. The number of rotatable bonds is 5. The van der Waals surface area contributed by atoms with Crippen LogP contribution in [0.3, 0.4) is 0 Å². The lowest BCUT2D eigenvalue weighted by molar-refractivity contribution is 0.308. The molecule has 0 radical (unpaired) electrons. The zero-order valence-corrected chi connectivity index (χ0v) is 19.3. The second-order valence-electron chi connectivity index (χ2n) is 9.07. The van der Waals surface area contributed by atoms with Gasteiger partial charge in [0.15, 0.2) is 0 Å². The lowest BCUT2D eigenvalue weighted by Crippen LogP contribution is -2.14. The summed E-state index contributed by atoms with van der Waals surface area (Å²) in [5.74, 6) is 7.58. The highest BCUT2D eigenvalue weighted by Crippen LogP contribution is 2.39. The highest BCUT2D eigenvalue weighted by Gasteiger charge is 2.24. The molecule has 0 bridgehead atoms. The van der Waals surface area contributed by atoms with Crippen LogP contribution in [-0.4, -0.2) is 0 Å². The van der Waals surface area contributed by atoms with Crippen LogP contribution in [0.4, 0.5) is 4.39 Å². The number of allylic oxidation sites excluding steroid dienone is 2. The maximum absolute atomic E-state index is 15.4. The van der Waals surface area contributed by atoms with Crippen LogP contribution >= 0.6 is 0 Å². The highest BCUT2D eigenvalue weighted by atomic mass is 19.1. The van der Waals surface area contributed by atoms with Gasteiger partial charge in [0.1, 0.15) is 5.82 Å². The van der Waals surface area contributed by atoms with Crippen LogP contribution < -0.4 is 0 Å². The van der Waals surface area contributed by atoms with Crippen molar-refractivity contribution in [2.24, 2.45) is 5.92 Å². The summed E-state index contributed by atoms with van der Waals surface area (Å²) in [5.41, 5.74) is 4.14. The third-order valence-corrected chi connectivity index (χ3v) is 6.96. The standard InChI is InChI=1S/C31H33F/c1-3-5-6-7-24-14-17-27(18-15-24)29-21-19-28-22-26(16-20-30(28)31(29)32)13-12-25-10-8-23(4-2)9-11-25/h3,5,8-11,16,19-22,24,27H,4,6-7,14-15,17-18H2,1-2H3/b5-3+. The SMILES string of the molecule is C/C=C/CCC1CCC(c2ccc3cc(C#Cc4ccc(CC)cc4)ccc3c2F)CC1. The summed E-state index contributed by atoms with van der Waals surface area (Å²) in [6, 6.07) is 18.3. The Hall–Kier alpha value is -2.85. The van der Waals surface area contributed by atoms with Crippen molar-refractivity contribution in [3.8, 4) is 11.8 Å². The minimum Gasteiger partial charge on any atom is -0.206 e. The summed E-state index contributed by atoms with van der Waals surface area (Å²) < 4.78 is 15.4. The highest BCUT2D eigenvalue weighted by molar-refractivity contribution is 5.85. The third-order valence-electron chi connectivity index (χ3n) is 6.96. The summed E-state index contributed by atoms with van der Waals surface area (Å²) in [4.78, 5) is 0. The van der Waals surface area contributed by atoms with Gasteiger partial charge in [-0.1, -0.05) is 61.2 Å². The van der Waals surface area contributed by atoms with E-state index in [2.05, 4.69) is 68.2 Å². The van der Waals surface area contributed by atoms with Gasteiger partial charge in [0.2, 0.25) is 0 Å². The van der Waals surface area contributed by atoms with Gasteiger partial charge < -0.3 is 0 Å². The molecule has 3 aromatic rings. The van der Waals surface area contributed by atoms with Gasteiger partial charge >= 0.3 is 0 Å². The fourth-order valence-electron chi connectivity index (χ4n) is 4.93. The average Bonchev–Trinajstić information content (AvgIpc) is 2.84. The smallest absolute Gasteiger partial charge is 0.134 e. The molecular weight excluding hydrogens is 391 g/mol. The molecule has 0 aromatic heterocycles. The molecule has 0 saturated heterocycles. The van der Waals surface area contributed by atoms with E-state index < -0.39 is 0 Å². The molecule has 0 heterocycles. The van der Waals surface area contributed by atoms with Crippen molar-refractivity contribution in [1.29, 1.82) is 0 Å². The van der Waals surface area contributed by atoms with E-state index in [-0.39, 0.29) is 5.82 Å². The normalized spacial score (nSPS) is 18.6. The zero-order chi connectivity index (χ0) is 22.3. The van der Waals surface area contributed by atoms with Gasteiger partial charge in [-0.15, -0.1) is 0 Å². The fourth-order valence-corrected chi connectivity index (χ4v) is 4.93. The van der Waals surface area contributed by atoms with E-state index >= 15 is 4.39 Å². The van der Waals surface area contributed by atoms with Gasteiger partial charge in [0.25, 0.3) is 0 Å². The average molecular weight is 425 g/mol. The Labute approximate surface area is 192 Å². The van der Waals surface area contributed by atoms with Crippen LogP contribution in [0.25, 0.3) is 10.8 Å². The predicted octanol–water partition coefficient (Wildman–Crippen LogP) is 8.57. The Balaban J connectivity index is 1.47. The largest absolute Gasteiger partial charge is 0.206 e. The third kappa shape index (κ3) is 5.31. The van der Waals surface area contributed by atoms with Crippen LogP contribution in [0.2, 0.25) is 0 Å². The van der Waals surface area contributed by atoms with E-state index in [1.807, 2.05) is 24.3 Å². The molecule has 1 aliphatic carbocycles. The molecule has 1 saturated carbocycles. The Kier molecular flexibility index (Phi) is 7.43. The summed E-state index contributed by atoms with van der Waals surface area (Å²) in [6.07, 6.45) is 12.5. The summed E-state index contributed by atoms with van der Waals surface area (Å²) >= 11 is 0. The quantitative estimate of drug-likeness (QED) is 0.284. The van der Waals surface area contributed by atoms with E-state index in [0.717, 1.165) is 52.6 Å². The minimum atomic E-state index is -0.0328. The van der Waals surface area contributed by atoms with Gasteiger partial charge in [-0.3, -0.25) is 0 Å². The van der Waals surface area contributed by atoms with Gasteiger partial charge in [0, 0.05) is 16.5 Å². The molecule has 0 amide bonds. The van der Waals surface area contributed by atoms with Gasteiger partial charge in [-0.25, -0.2) is 4.39 Å². The molecule has 1 heteroatoms. The van der Waals surface area contributed by atoms with Crippen LogP contribution in [0.15, 0.2) is 66.7 Å². The van der Waals surface area contributed by atoms with E-state index in [1.54, 1.807) is 0 Å². The van der Waals surface area contributed by atoms with Crippen molar-refractivity contribution in [1.82, 2.24) is 0 Å². The van der Waals surface area contributed by atoms with Gasteiger partial charge in [-0.05, 0) is 104 Å². The van der Waals surface area contributed by atoms with Crippen molar-refractivity contribution in [2.45, 2.75) is 64.7 Å². The molecule has 32 heavy (non-hydrogen) atoms. The van der Waals surface area contributed by atoms with Crippen LogP contribution in [-0.2, 0) is 6.42 Å². The van der Waals surface area contributed by atoms with E-state index in [1.165, 1.54) is 31.2 Å². The first-order chi connectivity index (χ1) is 15.7. The minimum absolute atomic E-state index is 0.0328. The monoisotopic (exact) mass is 424 g/mol. The molecule has 0 spiro atoms. The predicted molar refractivity (Wildman–Crippen MR) is 134 cm³/mol. The number of hydrogen-bond acceptors (Lipinski definition) is 0. The first-order valence-corrected chi connectivity index (χ1v) is 12.1. The number of halogens is 1. The van der Waals surface area contributed by atoms with E-state index in [4.69, 9.17) is 0 Å². The molecule has 0 nitrogen and oxygen atoms in total. The van der Waals surface area contributed by atoms with E-state index in [0.29, 0.717) is 5.92 Å². The van der Waals surface area contributed by atoms with Crippen LogP contribution in [0.1, 0.15) is 80.5 Å². The maximum atomic E-state index is 15.4. The molecule has 1 fully saturated rings. The Morgan fingerprint density at radius 2 is 1.62 bits per heavy atom.